The van der Waals surface area contributed by atoms with Crippen LogP contribution in [0.4, 0.5) is 0 Å². The van der Waals surface area contributed by atoms with Crippen molar-refractivity contribution in [2.75, 3.05) is 0 Å². The van der Waals surface area contributed by atoms with Crippen LogP contribution in [0.15, 0.2) is 69.9 Å². The molecule has 2 nitrogen and oxygen atoms in total. The number of aryl methyl sites for hydroxylation is 2. The molecule has 0 bridgehead atoms. The van der Waals surface area contributed by atoms with Gasteiger partial charge in [-0.2, -0.15) is 0 Å². The van der Waals surface area contributed by atoms with Gasteiger partial charge in [-0.15, -0.1) is 48.0 Å². The second kappa shape index (κ2) is 15.7. The number of nitrogens with zero attached hydrogens (tertiary/aromatic N) is 2. The van der Waals surface area contributed by atoms with Gasteiger partial charge in [-0.1, -0.05) is 87.1 Å². The minimum absolute atomic E-state index is 0. The van der Waals surface area contributed by atoms with E-state index in [0.717, 1.165) is 21.8 Å². The summed E-state index contributed by atoms with van der Waals surface area (Å²) >= 11 is 7.24. The zero-order valence-electron chi connectivity index (χ0n) is 19.3. The van der Waals surface area contributed by atoms with E-state index in [-0.39, 0.29) is 48.0 Å². The summed E-state index contributed by atoms with van der Waals surface area (Å²) < 4.78 is 2.17. The molecule has 0 saturated heterocycles. The van der Waals surface area contributed by atoms with Crippen molar-refractivity contribution in [1.82, 2.24) is 9.97 Å². The molecule has 2 aromatic heterocycles. The lowest BCUT2D eigenvalue weighted by atomic mass is 10.0. The monoisotopic (exact) mass is 808 g/mol. The third kappa shape index (κ3) is 8.10. The Morgan fingerprint density at radius 1 is 0.471 bits per heavy atom. The summed E-state index contributed by atoms with van der Waals surface area (Å²) in [5, 5.41) is 5.11. The fourth-order valence-corrected chi connectivity index (χ4v) is 5.37. The molecule has 0 saturated carbocycles. The van der Waals surface area contributed by atoms with Gasteiger partial charge in [-0.3, -0.25) is 9.97 Å². The van der Waals surface area contributed by atoms with Gasteiger partial charge >= 0.3 is 0 Å². The molecular formula is C28H32Br2I2N2. The van der Waals surface area contributed by atoms with Crippen LogP contribution in [0, 0.1) is 0 Å². The van der Waals surface area contributed by atoms with Gasteiger partial charge in [0.2, 0.25) is 0 Å². The molecule has 0 fully saturated rings. The summed E-state index contributed by atoms with van der Waals surface area (Å²) in [6, 6.07) is 17.1. The van der Waals surface area contributed by atoms with Crippen molar-refractivity contribution in [3.8, 4) is 0 Å². The average molecular weight is 810 g/mol. The fourth-order valence-electron chi connectivity index (χ4n) is 4.48. The number of halogens is 4. The maximum absolute atomic E-state index is 4.67. The molecule has 6 heteroatoms. The molecule has 0 atom stereocenters. The first kappa shape index (κ1) is 29.9. The Balaban J connectivity index is 0.00000204. The third-order valence-corrected chi connectivity index (χ3v) is 7.50. The number of hydrogen-bond donors (Lipinski definition) is 0. The van der Waals surface area contributed by atoms with Crippen LogP contribution >= 0.6 is 79.8 Å². The first-order valence-corrected chi connectivity index (χ1v) is 13.4. The Morgan fingerprint density at radius 2 is 0.794 bits per heavy atom. The van der Waals surface area contributed by atoms with Gasteiger partial charge in [-0.05, 0) is 68.3 Å². The van der Waals surface area contributed by atoms with E-state index in [9.17, 15) is 0 Å². The maximum atomic E-state index is 4.67. The molecule has 0 radical (unpaired) electrons. The van der Waals surface area contributed by atoms with Crippen LogP contribution in [0.2, 0.25) is 0 Å². The molecule has 0 aliphatic carbocycles. The van der Waals surface area contributed by atoms with Gasteiger partial charge in [0, 0.05) is 43.5 Å². The van der Waals surface area contributed by atoms with Crippen LogP contribution in [-0.2, 0) is 12.8 Å². The number of hydrogen-bond acceptors (Lipinski definition) is 2. The van der Waals surface area contributed by atoms with Crippen molar-refractivity contribution in [1.29, 1.82) is 0 Å². The highest BCUT2D eigenvalue weighted by atomic mass is 127. The zero-order valence-corrected chi connectivity index (χ0v) is 27.1. The molecule has 34 heavy (non-hydrogen) atoms. The first-order valence-electron chi connectivity index (χ1n) is 11.8. The van der Waals surface area contributed by atoms with Crippen LogP contribution in [-0.4, -0.2) is 9.97 Å². The van der Waals surface area contributed by atoms with E-state index in [1.807, 2.05) is 12.4 Å². The normalized spacial score (nSPS) is 10.8. The Kier molecular flexibility index (Phi) is 13.8. The molecule has 4 rings (SSSR count). The van der Waals surface area contributed by atoms with Crippen LogP contribution in [0.3, 0.4) is 0 Å². The minimum atomic E-state index is 0. The summed E-state index contributed by atoms with van der Waals surface area (Å²) in [7, 11) is 0. The second-order valence-electron chi connectivity index (χ2n) is 8.53. The number of benzene rings is 2. The molecule has 0 aliphatic heterocycles. The second-order valence-corrected chi connectivity index (χ2v) is 10.2. The lowest BCUT2D eigenvalue weighted by Gasteiger charge is -2.08. The zero-order chi connectivity index (χ0) is 22.2. The lowest BCUT2D eigenvalue weighted by Crippen LogP contribution is -1.94. The highest BCUT2D eigenvalue weighted by Crippen LogP contribution is 2.27. The topological polar surface area (TPSA) is 25.8 Å². The Bertz CT molecular complexity index is 1090. The van der Waals surface area contributed by atoms with Crippen LogP contribution in [0.5, 0.6) is 0 Å². The predicted octanol–water partition coefficient (Wildman–Crippen LogP) is 10.4. The quantitative estimate of drug-likeness (QED) is 0.111. The molecule has 0 spiro atoms. The SMILES string of the molecule is Brc1cnc(CCCCCCCCCCc2ncc(Br)c3ccccc23)c2ccccc12.I.I. The van der Waals surface area contributed by atoms with E-state index in [2.05, 4.69) is 90.4 Å². The van der Waals surface area contributed by atoms with E-state index in [0.29, 0.717) is 0 Å². The maximum Gasteiger partial charge on any atom is 0.0482 e. The Labute approximate surface area is 254 Å². The van der Waals surface area contributed by atoms with E-state index in [1.54, 1.807) is 0 Å². The van der Waals surface area contributed by atoms with Crippen LogP contribution < -0.4 is 0 Å². The molecular weight excluding hydrogens is 778 g/mol. The van der Waals surface area contributed by atoms with Crippen molar-refractivity contribution >= 4 is 101 Å². The molecule has 2 heterocycles. The standard InChI is InChI=1S/C28H30Br2N2.2HI/c29-25-19-31-27(23-15-11-9-13-21(23)25)17-7-5-3-1-2-4-6-8-18-28-24-16-12-10-14-22(24)26(30)20-32-28;;/h9-16,19-20H,1-8,17-18H2;2*1H. The number of pyridine rings is 2. The molecule has 0 amide bonds. The van der Waals surface area contributed by atoms with E-state index in [1.165, 1.54) is 84.3 Å². The largest absolute Gasteiger partial charge is 0.259 e. The summed E-state index contributed by atoms with van der Waals surface area (Å²) in [5.41, 5.74) is 2.47. The van der Waals surface area contributed by atoms with Gasteiger partial charge in [0.15, 0.2) is 0 Å². The number of unbranched alkanes of at least 4 members (excludes halogenated alkanes) is 7. The van der Waals surface area contributed by atoms with Gasteiger partial charge < -0.3 is 0 Å². The Hall–Kier alpha value is -0.320. The van der Waals surface area contributed by atoms with E-state index in [4.69, 9.17) is 0 Å². The highest BCUT2D eigenvalue weighted by Gasteiger charge is 2.06. The number of aromatic nitrogens is 2. The number of fused-ring (bicyclic) bond motifs is 2. The summed E-state index contributed by atoms with van der Waals surface area (Å²) in [4.78, 5) is 9.34. The molecule has 0 unspecified atom stereocenters. The highest BCUT2D eigenvalue weighted by molar-refractivity contribution is 14.0. The van der Waals surface area contributed by atoms with Gasteiger partial charge in [0.1, 0.15) is 0 Å². The first-order chi connectivity index (χ1) is 15.7. The minimum Gasteiger partial charge on any atom is -0.259 e. The van der Waals surface area contributed by atoms with Crippen LogP contribution in [0.1, 0.15) is 62.8 Å². The molecule has 2 aromatic carbocycles. The van der Waals surface area contributed by atoms with Crippen LogP contribution in [0.25, 0.3) is 21.5 Å². The molecule has 182 valence electrons. The van der Waals surface area contributed by atoms with Crippen molar-refractivity contribution < 1.29 is 0 Å². The molecule has 4 aromatic rings. The molecule has 0 N–H and O–H groups in total. The lowest BCUT2D eigenvalue weighted by molar-refractivity contribution is 0.566. The van der Waals surface area contributed by atoms with Gasteiger partial charge in [0.05, 0.1) is 0 Å². The van der Waals surface area contributed by atoms with Crippen molar-refractivity contribution in [3.05, 3.63) is 81.3 Å². The van der Waals surface area contributed by atoms with E-state index < -0.39 is 0 Å². The summed E-state index contributed by atoms with van der Waals surface area (Å²) in [5.74, 6) is 0. The van der Waals surface area contributed by atoms with Crippen molar-refractivity contribution in [2.45, 2.75) is 64.2 Å². The number of rotatable bonds is 11. The van der Waals surface area contributed by atoms with Crippen molar-refractivity contribution in [3.63, 3.8) is 0 Å². The Morgan fingerprint density at radius 3 is 1.18 bits per heavy atom. The third-order valence-electron chi connectivity index (χ3n) is 6.24. The van der Waals surface area contributed by atoms with Crippen molar-refractivity contribution in [2.24, 2.45) is 0 Å². The van der Waals surface area contributed by atoms with E-state index >= 15 is 0 Å². The van der Waals surface area contributed by atoms with Gasteiger partial charge in [0.25, 0.3) is 0 Å². The fraction of sp³-hybridized carbons (Fsp3) is 0.357. The summed E-state index contributed by atoms with van der Waals surface area (Å²) in [6.45, 7) is 0. The average Bonchev–Trinajstić information content (AvgIpc) is 2.83. The van der Waals surface area contributed by atoms with Gasteiger partial charge in [-0.25, -0.2) is 0 Å². The smallest absolute Gasteiger partial charge is 0.0482 e. The predicted molar refractivity (Wildman–Crippen MR) is 174 cm³/mol. The summed E-state index contributed by atoms with van der Waals surface area (Å²) in [6.07, 6.45) is 16.4. The molecule has 0 aliphatic rings.